The monoisotopic (exact) mass is 504 g/mol. The molecule has 208 valence electrons. The average Bonchev–Trinajstić information content (AvgIpc) is 3.36. The van der Waals surface area contributed by atoms with E-state index in [-0.39, 0.29) is 17.3 Å². The maximum absolute atomic E-state index is 12.3. The smallest absolute Gasteiger partial charge is 0.328 e. The molecular formula is C31H56N2O3. The lowest BCUT2D eigenvalue weighted by molar-refractivity contribution is 0.282. The molecular weight excluding hydrogens is 448 g/mol. The molecule has 1 aromatic heterocycles. The number of aromatic amines is 1. The van der Waals surface area contributed by atoms with Gasteiger partial charge in [0.2, 0.25) is 0 Å². The quantitative estimate of drug-likeness (QED) is 0.213. The van der Waals surface area contributed by atoms with Crippen molar-refractivity contribution in [3.63, 3.8) is 0 Å². The number of H-pyrrole nitrogens is 1. The second-order valence-corrected chi connectivity index (χ2v) is 11.2. The highest BCUT2D eigenvalue weighted by Crippen LogP contribution is 2.26. The zero-order valence-corrected chi connectivity index (χ0v) is 23.5. The van der Waals surface area contributed by atoms with Crippen molar-refractivity contribution in [3.05, 3.63) is 32.1 Å². The molecule has 0 radical (unpaired) electrons. The lowest BCUT2D eigenvalue weighted by Gasteiger charge is -2.23. The fourth-order valence-corrected chi connectivity index (χ4v) is 5.88. The number of hydrogen-bond acceptors (Lipinski definition) is 3. The van der Waals surface area contributed by atoms with Gasteiger partial charge < -0.3 is 10.1 Å². The summed E-state index contributed by atoms with van der Waals surface area (Å²) in [4.78, 5) is 27.2. The summed E-state index contributed by atoms with van der Waals surface area (Å²) in [5.41, 5.74) is 1.53. The number of hydrogen-bond donors (Lipinski definition) is 2. The number of nitrogens with one attached hydrogen (secondary N) is 1. The predicted octanol–water partition coefficient (Wildman–Crippen LogP) is 7.77. The molecule has 36 heavy (non-hydrogen) atoms. The second-order valence-electron chi connectivity index (χ2n) is 11.2. The molecule has 3 rings (SSSR count). The highest BCUT2D eigenvalue weighted by atomic mass is 16.3. The van der Waals surface area contributed by atoms with Crippen molar-refractivity contribution < 1.29 is 5.11 Å². The Morgan fingerprint density at radius 1 is 0.694 bits per heavy atom. The van der Waals surface area contributed by atoms with Crippen LogP contribution in [0, 0.1) is 0 Å². The molecule has 2 aliphatic carbocycles. The zero-order valence-electron chi connectivity index (χ0n) is 23.5. The standard InChI is InChI=1S/C18H38O.C13H18N2O2/c1-2-3-4-5-6-7-8-9-10-11-12-13-14-15-16-17-18-19;16-12-10-7-4-8-11(10)14-13(17)15(12)9-5-2-1-3-6-9/h19H,2-18H2,1H3;9H,1-8H2,(H,14,17). The number of nitrogens with zero attached hydrogens (tertiary/aromatic N) is 1. The van der Waals surface area contributed by atoms with Crippen molar-refractivity contribution in [2.75, 3.05) is 6.61 Å². The maximum Gasteiger partial charge on any atom is 0.328 e. The van der Waals surface area contributed by atoms with Gasteiger partial charge in [0.15, 0.2) is 0 Å². The molecule has 5 nitrogen and oxygen atoms in total. The third kappa shape index (κ3) is 11.8. The van der Waals surface area contributed by atoms with Crippen molar-refractivity contribution in [2.24, 2.45) is 0 Å². The van der Waals surface area contributed by atoms with E-state index >= 15 is 0 Å². The Balaban J connectivity index is 0.000000254. The van der Waals surface area contributed by atoms with Crippen LogP contribution in [0.2, 0.25) is 0 Å². The molecule has 1 aromatic rings. The van der Waals surface area contributed by atoms with Gasteiger partial charge in [-0.05, 0) is 38.5 Å². The summed E-state index contributed by atoms with van der Waals surface area (Å²) in [6.07, 6.45) is 30.3. The topological polar surface area (TPSA) is 75.1 Å². The van der Waals surface area contributed by atoms with Gasteiger partial charge in [-0.15, -0.1) is 0 Å². The van der Waals surface area contributed by atoms with E-state index in [0.717, 1.165) is 62.6 Å². The molecule has 2 N–H and O–H groups in total. The van der Waals surface area contributed by atoms with Crippen LogP contribution in [-0.4, -0.2) is 21.3 Å². The van der Waals surface area contributed by atoms with E-state index < -0.39 is 0 Å². The van der Waals surface area contributed by atoms with Crippen molar-refractivity contribution in [2.45, 2.75) is 167 Å². The van der Waals surface area contributed by atoms with Crippen LogP contribution in [0.3, 0.4) is 0 Å². The van der Waals surface area contributed by atoms with Gasteiger partial charge in [-0.1, -0.05) is 122 Å². The van der Waals surface area contributed by atoms with E-state index in [1.165, 1.54) is 107 Å². The highest BCUT2D eigenvalue weighted by molar-refractivity contribution is 5.22. The second kappa shape index (κ2) is 19.7. The van der Waals surface area contributed by atoms with Crippen LogP contribution < -0.4 is 11.2 Å². The SMILES string of the molecule is CCCCCCCCCCCCCCCCCCO.O=c1[nH]c2c(c(=O)n1C1CCCCC1)CCC2. The van der Waals surface area contributed by atoms with Gasteiger partial charge in [-0.25, -0.2) is 4.79 Å². The first-order valence-corrected chi connectivity index (χ1v) is 15.7. The van der Waals surface area contributed by atoms with Gasteiger partial charge in [0.1, 0.15) is 0 Å². The Morgan fingerprint density at radius 2 is 1.19 bits per heavy atom. The normalized spacial score (nSPS) is 15.5. The summed E-state index contributed by atoms with van der Waals surface area (Å²) in [7, 11) is 0. The molecule has 0 amide bonds. The Hall–Kier alpha value is -1.36. The van der Waals surface area contributed by atoms with Gasteiger partial charge in [0.05, 0.1) is 0 Å². The Labute approximate surface area is 220 Å². The highest BCUT2D eigenvalue weighted by Gasteiger charge is 2.24. The number of fused-ring (bicyclic) bond motifs is 1. The molecule has 5 heteroatoms. The zero-order chi connectivity index (χ0) is 25.8. The van der Waals surface area contributed by atoms with Gasteiger partial charge in [0, 0.05) is 23.9 Å². The number of aryl methyl sites for hydroxylation is 1. The summed E-state index contributed by atoms with van der Waals surface area (Å²) in [5, 5.41) is 8.67. The summed E-state index contributed by atoms with van der Waals surface area (Å²) in [6, 6.07) is 0.130. The molecule has 1 heterocycles. The number of aromatic nitrogens is 2. The first kappa shape index (κ1) is 30.9. The number of aliphatic hydroxyl groups is 1. The van der Waals surface area contributed by atoms with E-state index in [9.17, 15) is 9.59 Å². The fraction of sp³-hybridized carbons (Fsp3) is 0.871. The van der Waals surface area contributed by atoms with E-state index in [0.29, 0.717) is 6.61 Å². The van der Waals surface area contributed by atoms with E-state index in [4.69, 9.17) is 5.11 Å². The molecule has 0 atom stereocenters. The lowest BCUT2D eigenvalue weighted by atomic mass is 9.95. The van der Waals surface area contributed by atoms with Crippen LogP contribution in [-0.2, 0) is 12.8 Å². The molecule has 0 aliphatic heterocycles. The predicted molar refractivity (Wildman–Crippen MR) is 152 cm³/mol. The minimum absolute atomic E-state index is 0.0202. The molecule has 1 fully saturated rings. The number of rotatable bonds is 17. The third-order valence-corrected chi connectivity index (χ3v) is 8.12. The molecule has 0 saturated heterocycles. The summed E-state index contributed by atoms with van der Waals surface area (Å²) >= 11 is 0. The van der Waals surface area contributed by atoms with E-state index in [1.807, 2.05) is 0 Å². The van der Waals surface area contributed by atoms with E-state index in [1.54, 1.807) is 0 Å². The first-order chi connectivity index (χ1) is 17.7. The van der Waals surface area contributed by atoms with Gasteiger partial charge in [-0.2, -0.15) is 0 Å². The summed E-state index contributed by atoms with van der Waals surface area (Å²) < 4.78 is 1.49. The summed E-state index contributed by atoms with van der Waals surface area (Å²) in [5.74, 6) is 0. The van der Waals surface area contributed by atoms with Crippen molar-refractivity contribution >= 4 is 0 Å². The lowest BCUT2D eigenvalue weighted by Crippen LogP contribution is -2.40. The molecule has 0 aromatic carbocycles. The Morgan fingerprint density at radius 3 is 1.69 bits per heavy atom. The largest absolute Gasteiger partial charge is 0.396 e. The molecule has 0 bridgehead atoms. The van der Waals surface area contributed by atoms with Crippen LogP contribution in [0.4, 0.5) is 0 Å². The average molecular weight is 505 g/mol. The van der Waals surface area contributed by atoms with Crippen LogP contribution in [0.25, 0.3) is 0 Å². The van der Waals surface area contributed by atoms with Crippen LogP contribution in [0.5, 0.6) is 0 Å². The maximum atomic E-state index is 12.3. The van der Waals surface area contributed by atoms with Crippen molar-refractivity contribution in [1.82, 2.24) is 9.55 Å². The fourth-order valence-electron chi connectivity index (χ4n) is 5.88. The first-order valence-electron chi connectivity index (χ1n) is 15.7. The number of aliphatic hydroxyl groups excluding tert-OH is 1. The summed E-state index contributed by atoms with van der Waals surface area (Å²) in [6.45, 7) is 2.66. The van der Waals surface area contributed by atoms with Crippen LogP contribution >= 0.6 is 0 Å². The third-order valence-electron chi connectivity index (χ3n) is 8.12. The Kier molecular flexibility index (Phi) is 16.9. The van der Waals surface area contributed by atoms with Gasteiger partial charge in [0.25, 0.3) is 5.56 Å². The number of unbranched alkanes of at least 4 members (excludes halogenated alkanes) is 15. The minimum atomic E-state index is -0.192. The Bertz CT molecular complexity index is 776. The minimum Gasteiger partial charge on any atom is -0.396 e. The molecule has 2 aliphatic rings. The van der Waals surface area contributed by atoms with Crippen LogP contribution in [0.1, 0.15) is 165 Å². The molecule has 1 saturated carbocycles. The van der Waals surface area contributed by atoms with Crippen molar-refractivity contribution in [1.29, 1.82) is 0 Å². The molecule has 0 unspecified atom stereocenters. The molecule has 0 spiro atoms. The van der Waals surface area contributed by atoms with Crippen molar-refractivity contribution in [3.8, 4) is 0 Å². The van der Waals surface area contributed by atoms with Gasteiger partial charge >= 0.3 is 5.69 Å². The van der Waals surface area contributed by atoms with Crippen LogP contribution in [0.15, 0.2) is 9.59 Å². The van der Waals surface area contributed by atoms with E-state index in [2.05, 4.69) is 11.9 Å². The van der Waals surface area contributed by atoms with Gasteiger partial charge in [-0.3, -0.25) is 9.36 Å².